The van der Waals surface area contributed by atoms with Crippen LogP contribution in [-0.2, 0) is 4.74 Å². The number of H-pyrrole nitrogens is 1. The number of hydrogen-bond donors (Lipinski definition) is 2. The van der Waals surface area contributed by atoms with E-state index in [0.717, 1.165) is 17.7 Å². The van der Waals surface area contributed by atoms with Gasteiger partial charge in [-0.1, -0.05) is 42.5 Å². The molecule has 0 atom stereocenters. The third-order valence-corrected chi connectivity index (χ3v) is 4.85. The molecule has 0 saturated carbocycles. The first-order valence-electron chi connectivity index (χ1n) is 10.3. The van der Waals surface area contributed by atoms with Crippen LogP contribution in [0.2, 0.25) is 0 Å². The fraction of sp³-hybridized carbons (Fsp3) is 0.0833. The SMILES string of the molecule is CCOC(=O)c1cc(C(=O)Nc2ccccc2-c2nc(-c3ccccc3)n[nH]2)cc([N+](=O)[O-])c1. The zero-order valence-electron chi connectivity index (χ0n) is 18.0. The van der Waals surface area contributed by atoms with Crippen molar-refractivity contribution in [3.05, 3.63) is 94.0 Å². The highest BCUT2D eigenvalue weighted by molar-refractivity contribution is 6.07. The highest BCUT2D eigenvalue weighted by atomic mass is 16.6. The maximum Gasteiger partial charge on any atom is 0.338 e. The summed E-state index contributed by atoms with van der Waals surface area (Å²) in [5.74, 6) is -0.462. The Hall–Kier alpha value is -4.86. The quantitative estimate of drug-likeness (QED) is 0.237. The van der Waals surface area contributed by atoms with Crippen LogP contribution in [0.4, 0.5) is 11.4 Å². The summed E-state index contributed by atoms with van der Waals surface area (Å²) in [7, 11) is 0. The largest absolute Gasteiger partial charge is 0.462 e. The molecule has 0 bridgehead atoms. The molecule has 1 amide bonds. The Morgan fingerprint density at radius 1 is 1.03 bits per heavy atom. The number of carbonyl (C=O) groups is 2. The van der Waals surface area contributed by atoms with Crippen LogP contribution in [0, 0.1) is 10.1 Å². The molecule has 0 saturated heterocycles. The van der Waals surface area contributed by atoms with E-state index in [2.05, 4.69) is 20.5 Å². The van der Waals surface area contributed by atoms with E-state index < -0.39 is 22.5 Å². The van der Waals surface area contributed by atoms with Crippen LogP contribution in [0.25, 0.3) is 22.8 Å². The number of nitro benzene ring substituents is 1. The van der Waals surface area contributed by atoms with Gasteiger partial charge in [-0.2, -0.15) is 5.10 Å². The third kappa shape index (κ3) is 4.80. The normalized spacial score (nSPS) is 10.5. The number of para-hydroxylation sites is 1. The van der Waals surface area contributed by atoms with Gasteiger partial charge in [0, 0.05) is 28.8 Å². The van der Waals surface area contributed by atoms with Crippen molar-refractivity contribution in [2.75, 3.05) is 11.9 Å². The van der Waals surface area contributed by atoms with Crippen molar-refractivity contribution < 1.29 is 19.2 Å². The molecule has 1 aromatic heterocycles. The van der Waals surface area contributed by atoms with E-state index >= 15 is 0 Å². The van der Waals surface area contributed by atoms with Crippen LogP contribution < -0.4 is 5.32 Å². The van der Waals surface area contributed by atoms with Crippen molar-refractivity contribution in [3.8, 4) is 22.8 Å². The molecule has 170 valence electrons. The smallest absolute Gasteiger partial charge is 0.338 e. The van der Waals surface area contributed by atoms with Gasteiger partial charge in [0.05, 0.1) is 22.8 Å². The molecule has 2 N–H and O–H groups in total. The van der Waals surface area contributed by atoms with E-state index in [1.165, 1.54) is 6.07 Å². The molecule has 4 rings (SSSR count). The van der Waals surface area contributed by atoms with E-state index in [0.29, 0.717) is 22.9 Å². The van der Waals surface area contributed by atoms with Crippen molar-refractivity contribution in [1.29, 1.82) is 0 Å². The van der Waals surface area contributed by atoms with Crippen molar-refractivity contribution in [3.63, 3.8) is 0 Å². The van der Waals surface area contributed by atoms with E-state index in [4.69, 9.17) is 4.74 Å². The molecule has 10 heteroatoms. The van der Waals surface area contributed by atoms with Crippen LogP contribution in [-0.4, -0.2) is 38.6 Å². The Morgan fingerprint density at radius 2 is 1.74 bits per heavy atom. The van der Waals surface area contributed by atoms with Crippen LogP contribution in [0.15, 0.2) is 72.8 Å². The zero-order valence-corrected chi connectivity index (χ0v) is 18.0. The maximum atomic E-state index is 13.0. The minimum atomic E-state index is -0.754. The molecule has 0 unspecified atom stereocenters. The molecular weight excluding hydrogens is 438 g/mol. The Kier molecular flexibility index (Phi) is 6.40. The van der Waals surface area contributed by atoms with Gasteiger partial charge in [-0.25, -0.2) is 9.78 Å². The predicted molar refractivity (Wildman–Crippen MR) is 124 cm³/mol. The minimum absolute atomic E-state index is 0.0606. The van der Waals surface area contributed by atoms with Gasteiger partial charge in [0.2, 0.25) is 0 Å². The Balaban J connectivity index is 1.65. The van der Waals surface area contributed by atoms with E-state index in [9.17, 15) is 19.7 Å². The van der Waals surface area contributed by atoms with E-state index in [-0.39, 0.29) is 17.7 Å². The number of esters is 1. The first kappa shape index (κ1) is 22.3. The average Bonchev–Trinajstić information content (AvgIpc) is 3.35. The number of anilines is 1. The van der Waals surface area contributed by atoms with Gasteiger partial charge >= 0.3 is 5.97 Å². The summed E-state index contributed by atoms with van der Waals surface area (Å²) in [5, 5.41) is 21.2. The highest BCUT2D eigenvalue weighted by Gasteiger charge is 2.20. The lowest BCUT2D eigenvalue weighted by Crippen LogP contribution is -2.15. The molecule has 0 fully saturated rings. The monoisotopic (exact) mass is 457 g/mol. The summed E-state index contributed by atoms with van der Waals surface area (Å²) in [6, 6.07) is 19.8. The number of aromatic nitrogens is 3. The first-order chi connectivity index (χ1) is 16.5. The van der Waals surface area contributed by atoms with Crippen LogP contribution in [0.1, 0.15) is 27.6 Å². The maximum absolute atomic E-state index is 13.0. The van der Waals surface area contributed by atoms with Crippen molar-refractivity contribution >= 4 is 23.3 Å². The molecule has 0 spiro atoms. The molecule has 0 radical (unpaired) electrons. The number of non-ortho nitro benzene ring substituents is 1. The third-order valence-electron chi connectivity index (χ3n) is 4.85. The summed E-state index contributed by atoms with van der Waals surface area (Å²) >= 11 is 0. The van der Waals surface area contributed by atoms with Crippen molar-refractivity contribution in [2.24, 2.45) is 0 Å². The van der Waals surface area contributed by atoms with Crippen molar-refractivity contribution in [2.45, 2.75) is 6.92 Å². The fourth-order valence-electron chi connectivity index (χ4n) is 3.27. The number of rotatable bonds is 7. The standard InChI is InChI=1S/C24H19N5O5/c1-2-34-24(31)17-12-16(13-18(14-17)29(32)33)23(30)25-20-11-7-6-10-19(20)22-26-21(27-28-22)15-8-4-3-5-9-15/h3-14H,2H2,1H3,(H,25,30)(H,26,27,28). The molecular formula is C24H19N5O5. The van der Waals surface area contributed by atoms with Gasteiger partial charge in [0.15, 0.2) is 11.6 Å². The Morgan fingerprint density at radius 3 is 2.47 bits per heavy atom. The lowest BCUT2D eigenvalue weighted by atomic mass is 10.1. The Bertz CT molecular complexity index is 1370. The molecule has 3 aromatic carbocycles. The molecule has 4 aromatic rings. The second-order valence-corrected chi connectivity index (χ2v) is 7.12. The number of benzene rings is 3. The fourth-order valence-corrected chi connectivity index (χ4v) is 3.27. The van der Waals surface area contributed by atoms with Gasteiger partial charge in [0.1, 0.15) is 0 Å². The average molecular weight is 457 g/mol. The molecule has 1 heterocycles. The van der Waals surface area contributed by atoms with E-state index in [1.807, 2.05) is 30.3 Å². The molecule has 0 aliphatic rings. The molecule has 34 heavy (non-hydrogen) atoms. The van der Waals surface area contributed by atoms with E-state index in [1.54, 1.807) is 31.2 Å². The van der Waals surface area contributed by atoms with Gasteiger partial charge < -0.3 is 10.1 Å². The second-order valence-electron chi connectivity index (χ2n) is 7.12. The summed E-state index contributed by atoms with van der Waals surface area (Å²) in [5.41, 5.74) is 1.27. The predicted octanol–water partition coefficient (Wildman–Crippen LogP) is 4.48. The number of ether oxygens (including phenoxy) is 1. The topological polar surface area (TPSA) is 140 Å². The molecule has 10 nitrogen and oxygen atoms in total. The lowest BCUT2D eigenvalue weighted by Gasteiger charge is -2.10. The summed E-state index contributed by atoms with van der Waals surface area (Å²) in [6.45, 7) is 1.71. The van der Waals surface area contributed by atoms with Crippen LogP contribution >= 0.6 is 0 Å². The van der Waals surface area contributed by atoms with Crippen LogP contribution in [0.3, 0.4) is 0 Å². The lowest BCUT2D eigenvalue weighted by molar-refractivity contribution is -0.384. The summed E-state index contributed by atoms with van der Waals surface area (Å²) in [4.78, 5) is 40.3. The summed E-state index contributed by atoms with van der Waals surface area (Å²) in [6.07, 6.45) is 0. The number of carbonyl (C=O) groups excluding carboxylic acids is 2. The number of nitrogens with one attached hydrogen (secondary N) is 2. The first-order valence-corrected chi connectivity index (χ1v) is 10.3. The molecule has 0 aliphatic carbocycles. The number of aromatic amines is 1. The van der Waals surface area contributed by atoms with Gasteiger partial charge in [-0.3, -0.25) is 20.0 Å². The van der Waals surface area contributed by atoms with Gasteiger partial charge in [-0.05, 0) is 25.1 Å². The minimum Gasteiger partial charge on any atom is -0.462 e. The highest BCUT2D eigenvalue weighted by Crippen LogP contribution is 2.28. The number of hydrogen-bond acceptors (Lipinski definition) is 7. The number of nitrogens with zero attached hydrogens (tertiary/aromatic N) is 3. The van der Waals surface area contributed by atoms with Crippen molar-refractivity contribution in [1.82, 2.24) is 15.2 Å². The second kappa shape index (κ2) is 9.74. The number of nitro groups is 1. The zero-order chi connectivity index (χ0) is 24.1. The Labute approximate surface area is 193 Å². The molecule has 0 aliphatic heterocycles. The van der Waals surface area contributed by atoms with Gasteiger partial charge in [0.25, 0.3) is 11.6 Å². The summed E-state index contributed by atoms with van der Waals surface area (Å²) < 4.78 is 4.92. The van der Waals surface area contributed by atoms with Crippen LogP contribution in [0.5, 0.6) is 0 Å². The van der Waals surface area contributed by atoms with Gasteiger partial charge in [-0.15, -0.1) is 0 Å². The number of amides is 1.